The Morgan fingerprint density at radius 3 is 1.63 bits per heavy atom. The van der Waals surface area contributed by atoms with Crippen molar-refractivity contribution < 1.29 is 33.6 Å². The molecule has 2 unspecified atom stereocenters. The quantitative estimate of drug-likeness (QED) is 0.256. The van der Waals surface area contributed by atoms with Gasteiger partial charge in [0, 0.05) is 0 Å². The maximum Gasteiger partial charge on any atom is 0.262 e. The van der Waals surface area contributed by atoms with E-state index < -0.39 is 42.5 Å². The van der Waals surface area contributed by atoms with Gasteiger partial charge in [0.2, 0.25) is 0 Å². The van der Waals surface area contributed by atoms with Gasteiger partial charge < -0.3 is 24.1 Å². The summed E-state index contributed by atoms with van der Waals surface area (Å²) in [5.74, 6) is -0.969. The minimum absolute atomic E-state index is 0.0429. The molecular weight excluding hydrogens is 546 g/mol. The molecule has 1 fully saturated rings. The van der Waals surface area contributed by atoms with E-state index in [9.17, 15) is 14.7 Å². The van der Waals surface area contributed by atoms with E-state index in [1.165, 1.54) is 0 Å². The lowest BCUT2D eigenvalue weighted by molar-refractivity contribution is -0.293. The van der Waals surface area contributed by atoms with Gasteiger partial charge in [-0.2, -0.15) is 0 Å². The number of carbonyl (C=O) groups is 2. The molecule has 8 nitrogen and oxygen atoms in total. The Morgan fingerprint density at radius 1 is 0.628 bits per heavy atom. The summed E-state index contributed by atoms with van der Waals surface area (Å²) in [4.78, 5) is 28.5. The highest BCUT2D eigenvalue weighted by Gasteiger charge is 2.54. The number of fused-ring (bicyclic) bond motifs is 1. The molecule has 0 bridgehead atoms. The third kappa shape index (κ3) is 6.44. The summed E-state index contributed by atoms with van der Waals surface area (Å²) in [7, 11) is 0. The van der Waals surface area contributed by atoms with E-state index in [1.54, 1.807) is 24.3 Å². The molecule has 2 heterocycles. The number of carbonyl (C=O) groups excluding carboxylic acids is 2. The molecule has 0 radical (unpaired) electrons. The number of rotatable bonds is 11. The van der Waals surface area contributed by atoms with Crippen molar-refractivity contribution in [2.24, 2.45) is 0 Å². The van der Waals surface area contributed by atoms with Crippen molar-refractivity contribution in [3.63, 3.8) is 0 Å². The number of amides is 2. The Hall–Kier alpha value is -4.18. The van der Waals surface area contributed by atoms with E-state index in [4.69, 9.17) is 18.9 Å². The zero-order chi connectivity index (χ0) is 29.6. The first kappa shape index (κ1) is 28.9. The molecular formula is C35H33NO7. The van der Waals surface area contributed by atoms with Gasteiger partial charge >= 0.3 is 0 Å². The largest absolute Gasteiger partial charge is 0.388 e. The number of aliphatic hydroxyl groups excluding tert-OH is 1. The molecule has 0 spiro atoms. The van der Waals surface area contributed by atoms with E-state index in [2.05, 4.69) is 0 Å². The van der Waals surface area contributed by atoms with Crippen molar-refractivity contribution in [1.82, 2.24) is 4.90 Å². The fourth-order valence-electron chi connectivity index (χ4n) is 5.51. The molecule has 43 heavy (non-hydrogen) atoms. The van der Waals surface area contributed by atoms with Crippen molar-refractivity contribution in [2.45, 2.75) is 50.5 Å². The molecule has 0 aliphatic carbocycles. The Kier molecular flexibility index (Phi) is 9.02. The second-order valence-electron chi connectivity index (χ2n) is 10.6. The summed E-state index contributed by atoms with van der Waals surface area (Å²) < 4.78 is 25.0. The van der Waals surface area contributed by atoms with Crippen LogP contribution in [0.15, 0.2) is 115 Å². The minimum atomic E-state index is -1.23. The molecule has 1 N–H and O–H groups in total. The second kappa shape index (κ2) is 13.4. The van der Waals surface area contributed by atoms with Gasteiger partial charge in [-0.05, 0) is 28.8 Å². The van der Waals surface area contributed by atoms with Crippen LogP contribution in [0.2, 0.25) is 0 Å². The van der Waals surface area contributed by atoms with Gasteiger partial charge in [0.1, 0.15) is 24.4 Å². The zero-order valence-corrected chi connectivity index (χ0v) is 23.5. The smallest absolute Gasteiger partial charge is 0.262 e. The van der Waals surface area contributed by atoms with Crippen LogP contribution in [-0.2, 0) is 38.8 Å². The predicted octanol–water partition coefficient (Wildman–Crippen LogP) is 4.76. The van der Waals surface area contributed by atoms with Crippen LogP contribution in [0.1, 0.15) is 37.4 Å². The van der Waals surface area contributed by atoms with Gasteiger partial charge in [-0.15, -0.1) is 0 Å². The van der Waals surface area contributed by atoms with Crippen LogP contribution in [0.3, 0.4) is 0 Å². The number of ether oxygens (including phenoxy) is 4. The summed E-state index contributed by atoms with van der Waals surface area (Å²) >= 11 is 0. The van der Waals surface area contributed by atoms with Crippen molar-refractivity contribution >= 4 is 11.8 Å². The molecule has 8 heteroatoms. The Morgan fingerprint density at radius 2 is 1.09 bits per heavy atom. The molecule has 1 saturated heterocycles. The van der Waals surface area contributed by atoms with E-state index >= 15 is 0 Å². The lowest BCUT2D eigenvalue weighted by Gasteiger charge is -2.46. The lowest BCUT2D eigenvalue weighted by atomic mass is 9.95. The predicted molar refractivity (Wildman–Crippen MR) is 158 cm³/mol. The standard InChI is InChI=1S/C35H33NO7/c37-31-29(23-40-20-24-12-4-1-5-13-24)43-35(42-22-26-16-8-3-9-17-26)30(32(31)41-21-25-14-6-2-7-15-25)36-33(38)27-18-10-11-19-28(27)34(36)39/h1-19,29-32,35,37H,20-23H2/t29?,30?,31-,32-,35-/m0/s1. The molecule has 0 aromatic heterocycles. The van der Waals surface area contributed by atoms with Crippen LogP contribution >= 0.6 is 0 Å². The highest BCUT2D eigenvalue weighted by Crippen LogP contribution is 2.35. The summed E-state index contributed by atoms with van der Waals surface area (Å²) in [5, 5.41) is 11.7. The van der Waals surface area contributed by atoms with Crippen molar-refractivity contribution in [1.29, 1.82) is 0 Å². The van der Waals surface area contributed by atoms with Gasteiger partial charge in [0.05, 0.1) is 37.6 Å². The van der Waals surface area contributed by atoms with E-state index in [0.717, 1.165) is 21.6 Å². The Bertz CT molecular complexity index is 1480. The SMILES string of the molecule is O=C1c2ccccc2C(=O)N1C1[C@@H](OCc2ccccc2)OC(COCc2ccccc2)[C@H](O)[C@H]1OCc1ccccc1. The average molecular weight is 580 g/mol. The normalized spacial score (nSPS) is 23.4. The first-order valence-corrected chi connectivity index (χ1v) is 14.3. The molecule has 2 aliphatic heterocycles. The summed E-state index contributed by atoms with van der Waals surface area (Å²) in [5.41, 5.74) is 3.32. The summed E-state index contributed by atoms with van der Waals surface area (Å²) in [6, 6.07) is 34.3. The first-order valence-electron chi connectivity index (χ1n) is 14.3. The lowest BCUT2D eigenvalue weighted by Crippen LogP contribution is -2.66. The van der Waals surface area contributed by atoms with E-state index in [0.29, 0.717) is 17.7 Å². The maximum absolute atomic E-state index is 13.7. The number of aliphatic hydroxyl groups is 1. The number of hydrogen-bond acceptors (Lipinski definition) is 7. The maximum atomic E-state index is 13.7. The number of nitrogens with zero attached hydrogens (tertiary/aromatic N) is 1. The number of imide groups is 1. The van der Waals surface area contributed by atoms with E-state index in [-0.39, 0.29) is 19.8 Å². The van der Waals surface area contributed by atoms with Gasteiger partial charge in [-0.1, -0.05) is 103 Å². The molecule has 5 atom stereocenters. The Labute approximate surface area is 250 Å². The zero-order valence-electron chi connectivity index (χ0n) is 23.5. The molecule has 0 saturated carbocycles. The van der Waals surface area contributed by atoms with Crippen LogP contribution < -0.4 is 0 Å². The van der Waals surface area contributed by atoms with Gasteiger partial charge in [-0.25, -0.2) is 0 Å². The topological polar surface area (TPSA) is 94.5 Å². The molecule has 2 amide bonds. The van der Waals surface area contributed by atoms with Gasteiger partial charge in [0.25, 0.3) is 11.8 Å². The first-order chi connectivity index (χ1) is 21.1. The number of benzene rings is 4. The number of hydrogen-bond donors (Lipinski definition) is 1. The van der Waals surface area contributed by atoms with Crippen molar-refractivity contribution in [3.8, 4) is 0 Å². The third-order valence-electron chi connectivity index (χ3n) is 7.70. The second-order valence-corrected chi connectivity index (χ2v) is 10.6. The molecule has 4 aromatic rings. The Balaban J connectivity index is 1.31. The van der Waals surface area contributed by atoms with Crippen LogP contribution in [0.5, 0.6) is 0 Å². The highest BCUT2D eigenvalue weighted by atomic mass is 16.7. The van der Waals surface area contributed by atoms with Crippen molar-refractivity contribution in [2.75, 3.05) is 6.61 Å². The van der Waals surface area contributed by atoms with Crippen LogP contribution in [-0.4, -0.2) is 59.1 Å². The molecule has 2 aliphatic rings. The van der Waals surface area contributed by atoms with Crippen molar-refractivity contribution in [3.05, 3.63) is 143 Å². The minimum Gasteiger partial charge on any atom is -0.388 e. The molecule has 220 valence electrons. The highest BCUT2D eigenvalue weighted by molar-refractivity contribution is 6.21. The monoisotopic (exact) mass is 579 g/mol. The van der Waals surface area contributed by atoms with Crippen LogP contribution in [0.25, 0.3) is 0 Å². The summed E-state index contributed by atoms with van der Waals surface area (Å²) in [6.07, 6.45) is -4.21. The fourth-order valence-corrected chi connectivity index (χ4v) is 5.51. The van der Waals surface area contributed by atoms with Crippen LogP contribution in [0.4, 0.5) is 0 Å². The third-order valence-corrected chi connectivity index (χ3v) is 7.70. The summed E-state index contributed by atoms with van der Waals surface area (Å²) in [6.45, 7) is 0.664. The van der Waals surface area contributed by atoms with Gasteiger partial charge in [-0.3, -0.25) is 14.5 Å². The fraction of sp³-hybridized carbons (Fsp3) is 0.257. The van der Waals surface area contributed by atoms with E-state index in [1.807, 2.05) is 91.0 Å². The van der Waals surface area contributed by atoms with Gasteiger partial charge in [0.15, 0.2) is 6.29 Å². The van der Waals surface area contributed by atoms with Crippen LogP contribution in [0, 0.1) is 0 Å². The molecule has 4 aromatic carbocycles. The average Bonchev–Trinajstić information content (AvgIpc) is 3.30. The molecule has 6 rings (SSSR count).